The average Bonchev–Trinajstić information content (AvgIpc) is 2.57. The lowest BCUT2D eigenvalue weighted by Gasteiger charge is -2.22. The number of rotatable bonds is 5. The molecule has 1 aliphatic rings. The van der Waals surface area contributed by atoms with Crippen molar-refractivity contribution in [3.8, 4) is 0 Å². The monoisotopic (exact) mass is 327 g/mol. The fraction of sp³-hybridized carbons (Fsp3) is 0.278. The summed E-state index contributed by atoms with van der Waals surface area (Å²) in [7, 11) is 0. The second-order valence-electron chi connectivity index (χ2n) is 5.55. The second kappa shape index (κ2) is 8.04. The van der Waals surface area contributed by atoms with E-state index in [0.717, 1.165) is 35.1 Å². The lowest BCUT2D eigenvalue weighted by molar-refractivity contribution is -0.116. The molecule has 4 nitrogen and oxygen atoms in total. The molecule has 0 spiro atoms. The Balaban J connectivity index is 1.57. The average molecular weight is 327 g/mol. The van der Waals surface area contributed by atoms with Crippen LogP contribution in [0.1, 0.15) is 6.42 Å². The predicted molar refractivity (Wildman–Crippen MR) is 98.5 cm³/mol. The molecule has 0 aliphatic carbocycles. The summed E-state index contributed by atoms with van der Waals surface area (Å²) in [4.78, 5) is 12.2. The van der Waals surface area contributed by atoms with Gasteiger partial charge in [0.05, 0.1) is 0 Å². The Labute approximate surface area is 141 Å². The largest absolute Gasteiger partial charge is 0.355 e. The van der Waals surface area contributed by atoms with Crippen LogP contribution >= 0.6 is 11.8 Å². The minimum Gasteiger partial charge on any atom is -0.355 e. The molecule has 0 radical (unpaired) electrons. The first-order chi connectivity index (χ1) is 11.3. The Morgan fingerprint density at radius 1 is 1.09 bits per heavy atom. The summed E-state index contributed by atoms with van der Waals surface area (Å²) < 4.78 is 0. The molecular formula is C18H21N3OS. The highest BCUT2D eigenvalue weighted by molar-refractivity contribution is 7.99. The van der Waals surface area contributed by atoms with E-state index in [0.29, 0.717) is 6.42 Å². The quantitative estimate of drug-likeness (QED) is 0.787. The molecule has 5 heteroatoms. The molecule has 2 aromatic carbocycles. The topological polar surface area (TPSA) is 53.2 Å². The van der Waals surface area contributed by atoms with Crippen LogP contribution in [0.25, 0.3) is 0 Å². The summed E-state index contributed by atoms with van der Waals surface area (Å²) in [5.41, 5.74) is 2.80. The van der Waals surface area contributed by atoms with Crippen LogP contribution in [0.15, 0.2) is 54.6 Å². The minimum absolute atomic E-state index is 0.0573. The number of thioether (sulfide) groups is 1. The Bertz CT molecular complexity index is 642. The Hall–Kier alpha value is -1.98. The van der Waals surface area contributed by atoms with E-state index in [1.165, 1.54) is 0 Å². The molecular weight excluding hydrogens is 306 g/mol. The molecule has 23 heavy (non-hydrogen) atoms. The van der Waals surface area contributed by atoms with Crippen molar-refractivity contribution in [2.24, 2.45) is 0 Å². The van der Waals surface area contributed by atoms with Crippen molar-refractivity contribution in [1.29, 1.82) is 0 Å². The zero-order valence-corrected chi connectivity index (χ0v) is 13.7. The molecule has 1 amide bonds. The zero-order valence-electron chi connectivity index (χ0n) is 12.9. The summed E-state index contributed by atoms with van der Waals surface area (Å²) in [6.07, 6.45) is 0.517. The summed E-state index contributed by atoms with van der Waals surface area (Å²) in [6, 6.07) is 18.1. The number of anilines is 3. The van der Waals surface area contributed by atoms with Crippen LogP contribution in [-0.4, -0.2) is 30.0 Å². The van der Waals surface area contributed by atoms with Gasteiger partial charge in [-0.05, 0) is 30.3 Å². The highest BCUT2D eigenvalue weighted by Crippen LogP contribution is 2.20. The molecule has 1 saturated heterocycles. The van der Waals surface area contributed by atoms with Crippen LogP contribution in [0.5, 0.6) is 0 Å². The van der Waals surface area contributed by atoms with Crippen molar-refractivity contribution < 1.29 is 4.79 Å². The summed E-state index contributed by atoms with van der Waals surface area (Å²) >= 11 is 1.90. The summed E-state index contributed by atoms with van der Waals surface area (Å²) in [5.74, 6) is 2.19. The van der Waals surface area contributed by atoms with E-state index in [-0.39, 0.29) is 11.9 Å². The predicted octanol–water partition coefficient (Wildman–Crippen LogP) is 3.46. The highest BCUT2D eigenvalue weighted by Gasteiger charge is 2.16. The Morgan fingerprint density at radius 2 is 1.87 bits per heavy atom. The van der Waals surface area contributed by atoms with E-state index < -0.39 is 0 Å². The molecule has 1 unspecified atom stereocenters. The number of amides is 1. The van der Waals surface area contributed by atoms with Crippen molar-refractivity contribution in [2.75, 3.05) is 28.7 Å². The van der Waals surface area contributed by atoms with Crippen molar-refractivity contribution in [3.63, 3.8) is 0 Å². The number of hydrogen-bond acceptors (Lipinski definition) is 4. The molecule has 1 heterocycles. The van der Waals surface area contributed by atoms with E-state index >= 15 is 0 Å². The standard InChI is InChI=1S/C18H21N3OS/c22-18(12-17-13-23-10-9-19-17)21-16-8-4-7-15(11-16)20-14-5-2-1-3-6-14/h1-8,11,17,19-20H,9-10,12-13H2,(H,21,22). The molecule has 3 N–H and O–H groups in total. The molecule has 0 bridgehead atoms. The fourth-order valence-corrected chi connectivity index (χ4v) is 3.50. The molecule has 1 fully saturated rings. The number of para-hydroxylation sites is 1. The highest BCUT2D eigenvalue weighted by atomic mass is 32.2. The summed E-state index contributed by atoms with van der Waals surface area (Å²) in [6.45, 7) is 0.985. The van der Waals surface area contributed by atoms with Crippen LogP contribution < -0.4 is 16.0 Å². The maximum absolute atomic E-state index is 12.2. The maximum Gasteiger partial charge on any atom is 0.225 e. The van der Waals surface area contributed by atoms with Crippen molar-refractivity contribution in [2.45, 2.75) is 12.5 Å². The molecule has 1 atom stereocenters. The molecule has 1 aliphatic heterocycles. The van der Waals surface area contributed by atoms with Gasteiger partial charge < -0.3 is 16.0 Å². The van der Waals surface area contributed by atoms with E-state index in [9.17, 15) is 4.79 Å². The van der Waals surface area contributed by atoms with Crippen LogP contribution in [-0.2, 0) is 4.79 Å². The van der Waals surface area contributed by atoms with Crippen molar-refractivity contribution in [1.82, 2.24) is 5.32 Å². The first kappa shape index (κ1) is 15.9. The van der Waals surface area contributed by atoms with Gasteiger partial charge in [0.25, 0.3) is 0 Å². The number of carbonyl (C=O) groups is 1. The minimum atomic E-state index is 0.0573. The third-order valence-electron chi connectivity index (χ3n) is 3.64. The maximum atomic E-state index is 12.2. The second-order valence-corrected chi connectivity index (χ2v) is 6.70. The van der Waals surface area contributed by atoms with Crippen LogP contribution in [0.4, 0.5) is 17.1 Å². The lowest BCUT2D eigenvalue weighted by Crippen LogP contribution is -2.39. The third-order valence-corrected chi connectivity index (χ3v) is 4.77. The number of hydrogen-bond donors (Lipinski definition) is 3. The lowest BCUT2D eigenvalue weighted by atomic mass is 10.2. The van der Waals surface area contributed by atoms with E-state index in [1.807, 2.05) is 66.4 Å². The smallest absolute Gasteiger partial charge is 0.225 e. The van der Waals surface area contributed by atoms with Crippen LogP contribution in [0.3, 0.4) is 0 Å². The number of nitrogens with one attached hydrogen (secondary N) is 3. The van der Waals surface area contributed by atoms with Crippen LogP contribution in [0, 0.1) is 0 Å². The molecule has 0 aromatic heterocycles. The van der Waals surface area contributed by atoms with Gasteiger partial charge in [0, 0.05) is 47.6 Å². The zero-order chi connectivity index (χ0) is 15.9. The molecule has 120 valence electrons. The van der Waals surface area contributed by atoms with Gasteiger partial charge in [-0.15, -0.1) is 0 Å². The van der Waals surface area contributed by atoms with Crippen LogP contribution in [0.2, 0.25) is 0 Å². The van der Waals surface area contributed by atoms with E-state index in [2.05, 4.69) is 16.0 Å². The van der Waals surface area contributed by atoms with Gasteiger partial charge in [0.1, 0.15) is 0 Å². The van der Waals surface area contributed by atoms with Gasteiger partial charge in [0.2, 0.25) is 5.91 Å². The number of benzene rings is 2. The molecule has 0 saturated carbocycles. The normalized spacial score (nSPS) is 17.5. The van der Waals surface area contributed by atoms with Gasteiger partial charge in [-0.2, -0.15) is 11.8 Å². The van der Waals surface area contributed by atoms with E-state index in [1.54, 1.807) is 0 Å². The van der Waals surface area contributed by atoms with Gasteiger partial charge in [-0.25, -0.2) is 0 Å². The fourth-order valence-electron chi connectivity index (χ4n) is 2.55. The van der Waals surface area contributed by atoms with Gasteiger partial charge in [-0.3, -0.25) is 4.79 Å². The SMILES string of the molecule is O=C(CC1CSCCN1)Nc1cccc(Nc2ccccc2)c1. The molecule has 3 rings (SSSR count). The molecule has 2 aromatic rings. The first-order valence-electron chi connectivity index (χ1n) is 7.83. The Kier molecular flexibility index (Phi) is 5.56. The van der Waals surface area contributed by atoms with Crippen molar-refractivity contribution >= 4 is 34.7 Å². The van der Waals surface area contributed by atoms with Crippen molar-refractivity contribution in [3.05, 3.63) is 54.6 Å². The summed E-state index contributed by atoms with van der Waals surface area (Å²) in [5, 5.41) is 9.70. The first-order valence-corrected chi connectivity index (χ1v) is 8.98. The van der Waals surface area contributed by atoms with Gasteiger partial charge in [-0.1, -0.05) is 24.3 Å². The number of carbonyl (C=O) groups excluding carboxylic acids is 1. The third kappa shape index (κ3) is 5.01. The van der Waals surface area contributed by atoms with E-state index in [4.69, 9.17) is 0 Å². The Morgan fingerprint density at radius 3 is 2.65 bits per heavy atom. The van der Waals surface area contributed by atoms with Gasteiger partial charge >= 0.3 is 0 Å². The van der Waals surface area contributed by atoms with Gasteiger partial charge in [0.15, 0.2) is 0 Å².